The summed E-state index contributed by atoms with van der Waals surface area (Å²) in [6.45, 7) is 4.05. The Balaban J connectivity index is 1.26. The van der Waals surface area contributed by atoms with Crippen LogP contribution < -0.4 is 21.1 Å². The average Bonchev–Trinajstić information content (AvgIpc) is 3.36. The zero-order valence-corrected chi connectivity index (χ0v) is 19.1. The number of nitrogens with two attached hydrogens (primary N) is 1. The molecule has 1 saturated heterocycles. The minimum atomic E-state index is -4.90. The van der Waals surface area contributed by atoms with Crippen molar-refractivity contribution < 1.29 is 27.5 Å². The molecule has 2 amide bonds. The van der Waals surface area contributed by atoms with Crippen LogP contribution in [0.3, 0.4) is 0 Å². The number of amides is 2. The number of para-hydroxylation sites is 1. The SMILES string of the molecule is CC1(CN2CCC(NC(=O)CNC(=O)c3cc(OC(F)(F)F)ccc3N)C2)C=Nc2ccccc21. The summed E-state index contributed by atoms with van der Waals surface area (Å²) in [6, 6.07) is 11.0. The van der Waals surface area contributed by atoms with Crippen LogP contribution >= 0.6 is 0 Å². The Morgan fingerprint density at radius 2 is 2.03 bits per heavy atom. The van der Waals surface area contributed by atoms with Crippen LogP contribution in [0, 0.1) is 0 Å². The van der Waals surface area contributed by atoms with Gasteiger partial charge >= 0.3 is 6.36 Å². The lowest BCUT2D eigenvalue weighted by molar-refractivity contribution is -0.274. The molecule has 35 heavy (non-hydrogen) atoms. The van der Waals surface area contributed by atoms with E-state index in [1.807, 2.05) is 24.4 Å². The number of rotatable bonds is 7. The van der Waals surface area contributed by atoms with Gasteiger partial charge in [-0.2, -0.15) is 0 Å². The molecular weight excluding hydrogens is 463 g/mol. The molecular formula is C24H26F3N5O3. The van der Waals surface area contributed by atoms with E-state index >= 15 is 0 Å². The van der Waals surface area contributed by atoms with E-state index in [0.29, 0.717) is 6.54 Å². The van der Waals surface area contributed by atoms with E-state index in [2.05, 4.69) is 38.3 Å². The molecule has 4 rings (SSSR count). The smallest absolute Gasteiger partial charge is 0.406 e. The van der Waals surface area contributed by atoms with Crippen molar-refractivity contribution in [1.82, 2.24) is 15.5 Å². The molecule has 2 unspecified atom stereocenters. The van der Waals surface area contributed by atoms with Gasteiger partial charge in [-0.15, -0.1) is 13.2 Å². The van der Waals surface area contributed by atoms with Crippen LogP contribution in [-0.4, -0.2) is 61.5 Å². The third kappa shape index (κ3) is 5.91. The van der Waals surface area contributed by atoms with Gasteiger partial charge in [-0.1, -0.05) is 18.2 Å². The minimum Gasteiger partial charge on any atom is -0.406 e. The number of likely N-dealkylation sites (tertiary alicyclic amines) is 1. The number of fused-ring (bicyclic) bond motifs is 1. The first-order valence-electron chi connectivity index (χ1n) is 11.1. The topological polar surface area (TPSA) is 109 Å². The van der Waals surface area contributed by atoms with Gasteiger partial charge < -0.3 is 21.1 Å². The van der Waals surface area contributed by atoms with Gasteiger partial charge in [0, 0.05) is 43.0 Å². The molecule has 2 heterocycles. The molecule has 2 aliphatic heterocycles. The van der Waals surface area contributed by atoms with Crippen molar-refractivity contribution in [2.24, 2.45) is 4.99 Å². The van der Waals surface area contributed by atoms with E-state index in [-0.39, 0.29) is 29.3 Å². The summed E-state index contributed by atoms with van der Waals surface area (Å²) >= 11 is 0. The van der Waals surface area contributed by atoms with E-state index in [4.69, 9.17) is 5.73 Å². The number of benzene rings is 2. The number of alkyl halides is 3. The summed E-state index contributed by atoms with van der Waals surface area (Å²) in [6.07, 6.45) is -2.16. The van der Waals surface area contributed by atoms with Crippen LogP contribution in [0.2, 0.25) is 0 Å². The third-order valence-electron chi connectivity index (χ3n) is 6.11. The van der Waals surface area contributed by atoms with Gasteiger partial charge in [-0.05, 0) is 43.2 Å². The number of hydrogen-bond acceptors (Lipinski definition) is 6. The first kappa shape index (κ1) is 24.5. The fourth-order valence-electron chi connectivity index (χ4n) is 4.50. The Labute approximate surface area is 200 Å². The van der Waals surface area contributed by atoms with Crippen LogP contribution in [0.4, 0.5) is 24.5 Å². The number of nitrogens with zero attached hydrogens (tertiary/aromatic N) is 2. The van der Waals surface area contributed by atoms with Crippen molar-refractivity contribution in [1.29, 1.82) is 0 Å². The molecule has 0 spiro atoms. The van der Waals surface area contributed by atoms with Crippen LogP contribution in [0.25, 0.3) is 0 Å². The number of anilines is 1. The molecule has 0 aromatic heterocycles. The number of ether oxygens (including phenoxy) is 1. The molecule has 2 aromatic carbocycles. The zero-order chi connectivity index (χ0) is 25.2. The Morgan fingerprint density at radius 1 is 1.26 bits per heavy atom. The monoisotopic (exact) mass is 489 g/mol. The van der Waals surface area contributed by atoms with Crippen LogP contribution in [0.1, 0.15) is 29.3 Å². The van der Waals surface area contributed by atoms with E-state index < -0.39 is 23.9 Å². The minimum absolute atomic E-state index is 0.0330. The van der Waals surface area contributed by atoms with Gasteiger partial charge in [-0.25, -0.2) is 0 Å². The molecule has 0 aliphatic carbocycles. The van der Waals surface area contributed by atoms with Crippen molar-refractivity contribution in [2.75, 3.05) is 31.9 Å². The van der Waals surface area contributed by atoms with Crippen molar-refractivity contribution in [3.63, 3.8) is 0 Å². The fourth-order valence-corrected chi connectivity index (χ4v) is 4.50. The summed E-state index contributed by atoms with van der Waals surface area (Å²) in [7, 11) is 0. The summed E-state index contributed by atoms with van der Waals surface area (Å²) in [5.74, 6) is -1.74. The van der Waals surface area contributed by atoms with E-state index in [0.717, 1.165) is 43.4 Å². The molecule has 1 fully saturated rings. The molecule has 2 aliphatic rings. The number of nitrogens with one attached hydrogen (secondary N) is 2. The van der Waals surface area contributed by atoms with Gasteiger partial charge in [0.15, 0.2) is 0 Å². The number of carbonyl (C=O) groups is 2. The van der Waals surface area contributed by atoms with Crippen molar-refractivity contribution in [3.05, 3.63) is 53.6 Å². The van der Waals surface area contributed by atoms with Crippen molar-refractivity contribution >= 4 is 29.4 Å². The predicted octanol–water partition coefficient (Wildman–Crippen LogP) is 2.76. The van der Waals surface area contributed by atoms with Gasteiger partial charge in [0.2, 0.25) is 5.91 Å². The number of hydrogen-bond donors (Lipinski definition) is 3. The van der Waals surface area contributed by atoms with E-state index in [1.165, 1.54) is 5.56 Å². The second kappa shape index (κ2) is 9.57. The van der Waals surface area contributed by atoms with Crippen LogP contribution in [0.5, 0.6) is 5.75 Å². The summed E-state index contributed by atoms with van der Waals surface area (Å²) < 4.78 is 41.1. The summed E-state index contributed by atoms with van der Waals surface area (Å²) in [4.78, 5) is 31.6. The fraction of sp³-hybridized carbons (Fsp3) is 0.375. The van der Waals surface area contributed by atoms with Gasteiger partial charge in [0.1, 0.15) is 5.75 Å². The quantitative estimate of drug-likeness (QED) is 0.519. The lowest BCUT2D eigenvalue weighted by Gasteiger charge is -2.28. The highest BCUT2D eigenvalue weighted by Gasteiger charge is 2.36. The Morgan fingerprint density at radius 3 is 2.80 bits per heavy atom. The Bertz CT molecular complexity index is 1150. The molecule has 11 heteroatoms. The van der Waals surface area contributed by atoms with Crippen molar-refractivity contribution in [2.45, 2.75) is 31.2 Å². The first-order chi connectivity index (χ1) is 16.5. The Kier molecular flexibility index (Phi) is 6.70. The lowest BCUT2D eigenvalue weighted by atomic mass is 9.84. The number of nitrogen functional groups attached to an aromatic ring is 1. The summed E-state index contributed by atoms with van der Waals surface area (Å²) in [5.41, 5.74) is 7.42. The van der Waals surface area contributed by atoms with E-state index in [1.54, 1.807) is 0 Å². The van der Waals surface area contributed by atoms with Gasteiger partial charge in [0.25, 0.3) is 5.91 Å². The van der Waals surface area contributed by atoms with Crippen LogP contribution in [-0.2, 0) is 10.2 Å². The summed E-state index contributed by atoms with van der Waals surface area (Å²) in [5, 5.41) is 5.29. The highest BCUT2D eigenvalue weighted by molar-refractivity contribution is 6.01. The Hall–Kier alpha value is -3.60. The van der Waals surface area contributed by atoms with Gasteiger partial charge in [-0.3, -0.25) is 19.5 Å². The maximum Gasteiger partial charge on any atom is 0.573 e. The molecule has 2 atom stereocenters. The highest BCUT2D eigenvalue weighted by atomic mass is 19.4. The largest absolute Gasteiger partial charge is 0.573 e. The van der Waals surface area contributed by atoms with Crippen LogP contribution in [0.15, 0.2) is 47.5 Å². The second-order valence-electron chi connectivity index (χ2n) is 8.96. The number of halogens is 3. The highest BCUT2D eigenvalue weighted by Crippen LogP contribution is 2.37. The maximum atomic E-state index is 12.4. The lowest BCUT2D eigenvalue weighted by Crippen LogP contribution is -2.44. The molecule has 186 valence electrons. The third-order valence-corrected chi connectivity index (χ3v) is 6.11. The number of carbonyl (C=O) groups excluding carboxylic acids is 2. The predicted molar refractivity (Wildman–Crippen MR) is 125 cm³/mol. The number of aliphatic imine (C=N–C) groups is 1. The molecule has 4 N–H and O–H groups in total. The molecule has 8 nitrogen and oxygen atoms in total. The second-order valence-corrected chi connectivity index (χ2v) is 8.96. The molecule has 2 aromatic rings. The standard InChI is InChI=1S/C24H26F3N5O3/c1-23(13-30-20-5-3-2-4-18(20)23)14-32-9-8-15(12-32)31-21(33)11-29-22(34)17-10-16(6-7-19(17)28)35-24(25,26)27/h2-7,10,13,15H,8-9,11-12,14,28H2,1H3,(H,29,34)(H,31,33). The zero-order valence-electron chi connectivity index (χ0n) is 19.1. The molecule has 0 saturated carbocycles. The maximum absolute atomic E-state index is 12.4. The average molecular weight is 489 g/mol. The van der Waals surface area contributed by atoms with Crippen molar-refractivity contribution in [3.8, 4) is 5.75 Å². The normalized spacial score (nSPS) is 21.5. The first-order valence-corrected chi connectivity index (χ1v) is 11.1. The van der Waals surface area contributed by atoms with E-state index in [9.17, 15) is 22.8 Å². The van der Waals surface area contributed by atoms with Gasteiger partial charge in [0.05, 0.1) is 17.8 Å². The molecule has 0 radical (unpaired) electrons. The molecule has 0 bridgehead atoms.